The Balaban J connectivity index is 2.01. The molecule has 5 heteroatoms. The molecule has 0 bridgehead atoms. The first-order valence-electron chi connectivity index (χ1n) is 5.26. The predicted octanol–water partition coefficient (Wildman–Crippen LogP) is 3.88. The average Bonchev–Trinajstić information content (AvgIpc) is 2.36. The zero-order valence-corrected chi connectivity index (χ0v) is 14.0. The summed E-state index contributed by atoms with van der Waals surface area (Å²) in [5.74, 6) is 1.70. The molecule has 0 aliphatic carbocycles. The maximum atomic E-state index is 5.74. The van der Waals surface area contributed by atoms with Crippen molar-refractivity contribution in [2.24, 2.45) is 0 Å². The molecule has 0 N–H and O–H groups in total. The number of benzene rings is 1. The monoisotopic (exact) mass is 467 g/mol. The molecule has 0 amide bonds. The van der Waals surface area contributed by atoms with Crippen molar-refractivity contribution < 1.29 is 9.47 Å². The van der Waals surface area contributed by atoms with Gasteiger partial charge in [-0.05, 0) is 62.9 Å². The van der Waals surface area contributed by atoms with E-state index in [1.165, 1.54) is 0 Å². The fraction of sp³-hybridized carbons (Fsp3) is 0.154. The van der Waals surface area contributed by atoms with Crippen LogP contribution in [-0.2, 0) is 6.61 Å². The van der Waals surface area contributed by atoms with Gasteiger partial charge in [0.2, 0.25) is 0 Å². The number of hydrogen-bond donors (Lipinski definition) is 0. The van der Waals surface area contributed by atoms with Gasteiger partial charge >= 0.3 is 0 Å². The van der Waals surface area contributed by atoms with Crippen molar-refractivity contribution in [1.82, 2.24) is 4.98 Å². The van der Waals surface area contributed by atoms with Crippen LogP contribution >= 0.6 is 45.2 Å². The highest BCUT2D eigenvalue weighted by atomic mass is 127. The fourth-order valence-electron chi connectivity index (χ4n) is 1.41. The molecule has 94 valence electrons. The third-order valence-corrected chi connectivity index (χ3v) is 3.41. The molecule has 3 nitrogen and oxygen atoms in total. The molecule has 1 aromatic carbocycles. The Labute approximate surface area is 133 Å². The number of halogens is 2. The van der Waals surface area contributed by atoms with Crippen LogP contribution in [0.2, 0.25) is 0 Å². The molecule has 18 heavy (non-hydrogen) atoms. The van der Waals surface area contributed by atoms with Crippen molar-refractivity contribution in [2.45, 2.75) is 6.61 Å². The number of pyridine rings is 1. The topological polar surface area (TPSA) is 31.4 Å². The van der Waals surface area contributed by atoms with Gasteiger partial charge in [-0.2, -0.15) is 0 Å². The Kier molecular flexibility index (Phi) is 5.04. The maximum Gasteiger partial charge on any atom is 0.125 e. The van der Waals surface area contributed by atoms with Gasteiger partial charge in [0.15, 0.2) is 0 Å². The first-order chi connectivity index (χ1) is 8.67. The predicted molar refractivity (Wildman–Crippen MR) is 87.0 cm³/mol. The highest BCUT2D eigenvalue weighted by Crippen LogP contribution is 2.19. The zero-order chi connectivity index (χ0) is 13.0. The molecule has 0 aliphatic rings. The van der Waals surface area contributed by atoms with Gasteiger partial charge in [-0.25, -0.2) is 4.98 Å². The summed E-state index contributed by atoms with van der Waals surface area (Å²) in [6, 6.07) is 11.7. The number of hydrogen-bond acceptors (Lipinski definition) is 3. The van der Waals surface area contributed by atoms with Crippen LogP contribution in [0.3, 0.4) is 0 Å². The second kappa shape index (κ2) is 6.55. The van der Waals surface area contributed by atoms with E-state index in [0.29, 0.717) is 6.61 Å². The van der Waals surface area contributed by atoms with Gasteiger partial charge in [0, 0.05) is 12.1 Å². The van der Waals surface area contributed by atoms with Crippen molar-refractivity contribution in [1.29, 1.82) is 0 Å². The van der Waals surface area contributed by atoms with Crippen molar-refractivity contribution in [2.75, 3.05) is 7.11 Å². The van der Waals surface area contributed by atoms with Crippen LogP contribution in [0, 0.1) is 7.40 Å². The highest BCUT2D eigenvalue weighted by molar-refractivity contribution is 14.1. The van der Waals surface area contributed by atoms with E-state index in [4.69, 9.17) is 9.47 Å². The first kappa shape index (κ1) is 13.9. The van der Waals surface area contributed by atoms with E-state index >= 15 is 0 Å². The summed E-state index contributed by atoms with van der Waals surface area (Å²) in [5.41, 5.74) is 1.11. The highest BCUT2D eigenvalue weighted by Gasteiger charge is 2.01. The third kappa shape index (κ3) is 3.98. The van der Waals surface area contributed by atoms with Crippen LogP contribution in [0.4, 0.5) is 0 Å². The molecule has 0 unspecified atom stereocenters. The largest absolute Gasteiger partial charge is 0.497 e. The van der Waals surface area contributed by atoms with E-state index in [1.807, 2.05) is 36.4 Å². The molecule has 0 spiro atoms. The minimum absolute atomic E-state index is 0.542. The second-order valence-electron chi connectivity index (χ2n) is 3.59. The van der Waals surface area contributed by atoms with E-state index in [9.17, 15) is 0 Å². The molecule has 0 radical (unpaired) electrons. The van der Waals surface area contributed by atoms with Gasteiger partial charge in [-0.1, -0.05) is 12.1 Å². The molecule has 0 fully saturated rings. The van der Waals surface area contributed by atoms with Crippen LogP contribution in [0.1, 0.15) is 5.56 Å². The van der Waals surface area contributed by atoms with E-state index in [1.54, 1.807) is 7.11 Å². The number of ether oxygens (including phenoxy) is 2. The Hall–Kier alpha value is -0.570. The summed E-state index contributed by atoms with van der Waals surface area (Å²) in [7, 11) is 1.66. The summed E-state index contributed by atoms with van der Waals surface area (Å²) in [6.45, 7) is 0.542. The van der Waals surface area contributed by atoms with Crippen molar-refractivity contribution in [3.63, 3.8) is 0 Å². The molecular formula is C13H11I2NO2. The molecule has 2 aromatic rings. The Morgan fingerprint density at radius 1 is 1.00 bits per heavy atom. The van der Waals surface area contributed by atoms with Gasteiger partial charge < -0.3 is 9.47 Å². The van der Waals surface area contributed by atoms with Crippen molar-refractivity contribution in [3.8, 4) is 11.5 Å². The zero-order valence-electron chi connectivity index (χ0n) is 9.69. The van der Waals surface area contributed by atoms with Crippen LogP contribution in [0.15, 0.2) is 36.4 Å². The van der Waals surface area contributed by atoms with Crippen LogP contribution in [-0.4, -0.2) is 12.1 Å². The summed E-state index contributed by atoms with van der Waals surface area (Å²) >= 11 is 4.36. The molecule has 2 rings (SSSR count). The van der Waals surface area contributed by atoms with Crippen LogP contribution < -0.4 is 9.47 Å². The van der Waals surface area contributed by atoms with E-state index in [2.05, 4.69) is 50.2 Å². The van der Waals surface area contributed by atoms with Gasteiger partial charge in [-0.3, -0.25) is 0 Å². The quantitative estimate of drug-likeness (QED) is 0.506. The lowest BCUT2D eigenvalue weighted by atomic mass is 10.2. The van der Waals surface area contributed by atoms with Crippen molar-refractivity contribution >= 4 is 45.2 Å². The van der Waals surface area contributed by atoms with E-state index < -0.39 is 0 Å². The number of nitrogens with zero attached hydrogens (tertiary/aromatic N) is 1. The third-order valence-electron chi connectivity index (χ3n) is 2.30. The van der Waals surface area contributed by atoms with Gasteiger partial charge in [0.05, 0.1) is 7.11 Å². The minimum atomic E-state index is 0.542. The van der Waals surface area contributed by atoms with E-state index in [0.717, 1.165) is 24.5 Å². The summed E-state index contributed by atoms with van der Waals surface area (Å²) in [5, 5.41) is 0. The summed E-state index contributed by atoms with van der Waals surface area (Å²) in [4.78, 5) is 4.29. The van der Waals surface area contributed by atoms with Gasteiger partial charge in [0.1, 0.15) is 25.5 Å². The molecule has 0 aliphatic heterocycles. The lowest BCUT2D eigenvalue weighted by Gasteiger charge is -2.07. The molecule has 1 aromatic heterocycles. The summed E-state index contributed by atoms with van der Waals surface area (Å²) < 4.78 is 12.7. The lowest BCUT2D eigenvalue weighted by molar-refractivity contribution is 0.305. The van der Waals surface area contributed by atoms with Crippen LogP contribution in [0.5, 0.6) is 11.5 Å². The molecular weight excluding hydrogens is 456 g/mol. The molecule has 1 heterocycles. The standard InChI is InChI=1S/C13H11I2NO2/c1-17-10-4-2-9(3-5-10)8-18-11-6-12(14)16-13(15)7-11/h2-7H,8H2,1H3. The van der Waals surface area contributed by atoms with E-state index in [-0.39, 0.29) is 0 Å². The van der Waals surface area contributed by atoms with Gasteiger partial charge in [0.25, 0.3) is 0 Å². The minimum Gasteiger partial charge on any atom is -0.497 e. The average molecular weight is 467 g/mol. The lowest BCUT2D eigenvalue weighted by Crippen LogP contribution is -1.97. The Bertz CT molecular complexity index is 509. The molecule has 0 atom stereocenters. The first-order valence-corrected chi connectivity index (χ1v) is 7.42. The SMILES string of the molecule is COc1ccc(COc2cc(I)nc(I)c2)cc1. The van der Waals surface area contributed by atoms with Gasteiger partial charge in [-0.15, -0.1) is 0 Å². The fourth-order valence-corrected chi connectivity index (χ4v) is 3.01. The molecule has 0 saturated carbocycles. The number of rotatable bonds is 4. The second-order valence-corrected chi connectivity index (χ2v) is 5.80. The Morgan fingerprint density at radius 3 is 2.17 bits per heavy atom. The van der Waals surface area contributed by atoms with Crippen molar-refractivity contribution in [3.05, 3.63) is 49.4 Å². The number of aromatic nitrogens is 1. The summed E-state index contributed by atoms with van der Waals surface area (Å²) in [6.07, 6.45) is 0. The maximum absolute atomic E-state index is 5.74. The van der Waals surface area contributed by atoms with Crippen LogP contribution in [0.25, 0.3) is 0 Å². The number of methoxy groups -OCH3 is 1. The normalized spacial score (nSPS) is 10.2. The smallest absolute Gasteiger partial charge is 0.125 e. The Morgan fingerprint density at radius 2 is 1.61 bits per heavy atom. The molecule has 0 saturated heterocycles.